The van der Waals surface area contributed by atoms with Gasteiger partial charge in [0.05, 0.1) is 7.11 Å². The number of carboxylic acids is 1. The van der Waals surface area contributed by atoms with Gasteiger partial charge in [0.15, 0.2) is 0 Å². The van der Waals surface area contributed by atoms with Crippen LogP contribution in [0.4, 0.5) is 5.69 Å². The van der Waals surface area contributed by atoms with Gasteiger partial charge >= 0.3 is 11.9 Å². The summed E-state index contributed by atoms with van der Waals surface area (Å²) in [5, 5.41) is 22.8. The van der Waals surface area contributed by atoms with E-state index >= 15 is 0 Å². The molecule has 0 saturated carbocycles. The summed E-state index contributed by atoms with van der Waals surface area (Å²) in [6, 6.07) is 32.1. The third-order valence-corrected chi connectivity index (χ3v) is 10.3. The Bertz CT molecular complexity index is 2170. The molecule has 5 rings (SSSR count). The molecule has 4 atom stereocenters. The molecule has 0 aliphatic carbocycles. The van der Waals surface area contributed by atoms with Gasteiger partial charge in [0.25, 0.3) is 0 Å². The van der Waals surface area contributed by atoms with Crippen LogP contribution in [0.1, 0.15) is 34.4 Å². The molecule has 0 aliphatic rings. The van der Waals surface area contributed by atoms with Crippen molar-refractivity contribution in [3.05, 3.63) is 148 Å². The number of esters is 1. The van der Waals surface area contributed by atoms with Gasteiger partial charge in [0, 0.05) is 42.7 Å². The standard InChI is InChI=1S/C45H47N5O8S/c1-58-45(57)36(46)25-30-16-20-34(21-17-30)47-40(51)22-23-41(52)48-38(28-35-13-8-24-59-35)43(54)49-37(26-31-14-18-33(19-15-31)32-11-6-3-7-12-32)42(53)50-39(44(55)56)27-29-9-4-2-5-10-29/h2-21,24,36-39H,22-23,25-28,46H2,1H3,(H,47,51)(H,48,52)(H,49,54)(H,50,53)(H,55,56). The van der Waals surface area contributed by atoms with E-state index in [1.807, 2.05) is 78.2 Å². The lowest BCUT2D eigenvalue weighted by atomic mass is 9.99. The molecule has 0 spiro atoms. The fourth-order valence-corrected chi connectivity index (χ4v) is 7.02. The van der Waals surface area contributed by atoms with Gasteiger partial charge in [-0.2, -0.15) is 0 Å². The predicted molar refractivity (Wildman–Crippen MR) is 225 cm³/mol. The molecule has 4 amide bonds. The number of carbonyl (C=O) groups excluding carboxylic acids is 5. The number of carboxylic acid groups (broad SMARTS) is 1. The molecule has 4 unspecified atom stereocenters. The minimum Gasteiger partial charge on any atom is -0.480 e. The molecule has 59 heavy (non-hydrogen) atoms. The van der Waals surface area contributed by atoms with Crippen LogP contribution in [0.15, 0.2) is 127 Å². The molecule has 306 valence electrons. The molecular weight excluding hydrogens is 771 g/mol. The van der Waals surface area contributed by atoms with Crippen molar-refractivity contribution in [3.8, 4) is 11.1 Å². The van der Waals surface area contributed by atoms with Crippen molar-refractivity contribution in [2.45, 2.75) is 62.7 Å². The van der Waals surface area contributed by atoms with E-state index in [0.29, 0.717) is 16.8 Å². The number of anilines is 1. The van der Waals surface area contributed by atoms with Crippen molar-refractivity contribution >= 4 is 52.6 Å². The van der Waals surface area contributed by atoms with Gasteiger partial charge < -0.3 is 36.8 Å². The fourth-order valence-electron chi connectivity index (χ4n) is 6.27. The van der Waals surface area contributed by atoms with Crippen LogP contribution < -0.4 is 27.0 Å². The molecule has 0 bridgehead atoms. The average molecular weight is 818 g/mol. The zero-order valence-electron chi connectivity index (χ0n) is 32.5. The van der Waals surface area contributed by atoms with Crippen molar-refractivity contribution in [1.29, 1.82) is 0 Å². The lowest BCUT2D eigenvalue weighted by molar-refractivity contribution is -0.142. The maximum atomic E-state index is 14.1. The average Bonchev–Trinajstić information content (AvgIpc) is 3.76. The summed E-state index contributed by atoms with van der Waals surface area (Å²) < 4.78 is 4.66. The summed E-state index contributed by atoms with van der Waals surface area (Å²) in [5.41, 5.74) is 10.5. The molecule has 14 heteroatoms. The SMILES string of the molecule is COC(=O)C(N)Cc1ccc(NC(=O)CCC(=O)NC(Cc2cccs2)C(=O)NC(Cc2ccc(-c3ccccc3)cc2)C(=O)NC(Cc2ccccc2)C(=O)O)cc1. The molecule has 0 aliphatic heterocycles. The molecule has 13 nitrogen and oxygen atoms in total. The van der Waals surface area contributed by atoms with Gasteiger partial charge in [-0.05, 0) is 57.8 Å². The Morgan fingerprint density at radius 3 is 1.73 bits per heavy atom. The van der Waals surface area contributed by atoms with Gasteiger partial charge in [-0.15, -0.1) is 11.3 Å². The maximum Gasteiger partial charge on any atom is 0.326 e. The third-order valence-electron chi connectivity index (χ3n) is 9.44. The van der Waals surface area contributed by atoms with E-state index in [-0.39, 0.29) is 38.5 Å². The number of methoxy groups -OCH3 is 1. The van der Waals surface area contributed by atoms with E-state index in [0.717, 1.165) is 21.6 Å². The van der Waals surface area contributed by atoms with Crippen molar-refractivity contribution in [2.24, 2.45) is 5.73 Å². The Kier molecular flexibility index (Phi) is 16.0. The van der Waals surface area contributed by atoms with Crippen LogP contribution in [0, 0.1) is 0 Å². The lowest BCUT2D eigenvalue weighted by Gasteiger charge is -2.25. The Morgan fingerprint density at radius 2 is 1.12 bits per heavy atom. The molecule has 1 aromatic heterocycles. The van der Waals surface area contributed by atoms with Gasteiger partial charge in [0.2, 0.25) is 23.6 Å². The molecule has 0 fully saturated rings. The van der Waals surface area contributed by atoms with Crippen LogP contribution in [-0.2, 0) is 59.2 Å². The van der Waals surface area contributed by atoms with Crippen molar-refractivity contribution < 1.29 is 38.6 Å². The number of nitrogens with two attached hydrogens (primary N) is 1. The zero-order chi connectivity index (χ0) is 42.1. The van der Waals surface area contributed by atoms with Crippen molar-refractivity contribution in [1.82, 2.24) is 16.0 Å². The highest BCUT2D eigenvalue weighted by Gasteiger charge is 2.30. The van der Waals surface area contributed by atoms with Crippen LogP contribution in [0.25, 0.3) is 11.1 Å². The van der Waals surface area contributed by atoms with Crippen LogP contribution in [0.5, 0.6) is 0 Å². The summed E-state index contributed by atoms with van der Waals surface area (Å²) in [7, 11) is 1.26. The quantitative estimate of drug-likeness (QED) is 0.0614. The van der Waals surface area contributed by atoms with E-state index in [2.05, 4.69) is 26.0 Å². The minimum absolute atomic E-state index is 0.0239. The first-order chi connectivity index (χ1) is 28.5. The minimum atomic E-state index is -1.28. The molecule has 0 radical (unpaired) electrons. The first-order valence-corrected chi connectivity index (χ1v) is 19.9. The number of carbonyl (C=O) groups is 6. The molecule has 1 heterocycles. The number of hydrogen-bond acceptors (Lipinski definition) is 9. The van der Waals surface area contributed by atoms with E-state index in [9.17, 15) is 33.9 Å². The number of thiophene rings is 1. The summed E-state index contributed by atoms with van der Waals surface area (Å²) in [5.74, 6) is -4.12. The normalized spacial score (nSPS) is 12.8. The Labute approximate surface area is 346 Å². The maximum absolute atomic E-state index is 14.1. The van der Waals surface area contributed by atoms with Crippen molar-refractivity contribution in [2.75, 3.05) is 12.4 Å². The molecular formula is C45H47N5O8S. The van der Waals surface area contributed by atoms with Crippen LogP contribution >= 0.6 is 11.3 Å². The monoisotopic (exact) mass is 817 g/mol. The van der Waals surface area contributed by atoms with Gasteiger partial charge in [-0.3, -0.25) is 24.0 Å². The number of nitrogens with one attached hydrogen (secondary N) is 4. The lowest BCUT2D eigenvalue weighted by Crippen LogP contribution is -2.57. The first kappa shape index (κ1) is 43.5. The van der Waals surface area contributed by atoms with Gasteiger partial charge in [0.1, 0.15) is 24.2 Å². The summed E-state index contributed by atoms with van der Waals surface area (Å²) >= 11 is 1.39. The van der Waals surface area contributed by atoms with Crippen LogP contribution in [0.3, 0.4) is 0 Å². The summed E-state index contributed by atoms with van der Waals surface area (Å²) in [6.45, 7) is 0. The molecule has 4 aromatic carbocycles. The summed E-state index contributed by atoms with van der Waals surface area (Å²) in [4.78, 5) is 78.8. The predicted octanol–water partition coefficient (Wildman–Crippen LogP) is 4.44. The number of hydrogen-bond donors (Lipinski definition) is 6. The van der Waals surface area contributed by atoms with E-state index in [1.165, 1.54) is 18.4 Å². The molecule has 0 saturated heterocycles. The number of ether oxygens (including phenoxy) is 1. The number of aliphatic carboxylic acids is 1. The Hall–Kier alpha value is -6.64. The highest BCUT2D eigenvalue weighted by molar-refractivity contribution is 7.09. The molecule has 5 aromatic rings. The third kappa shape index (κ3) is 13.8. The number of amides is 4. The second-order valence-electron chi connectivity index (χ2n) is 13.9. The highest BCUT2D eigenvalue weighted by atomic mass is 32.1. The Morgan fingerprint density at radius 1 is 0.593 bits per heavy atom. The summed E-state index contributed by atoms with van der Waals surface area (Å²) in [6.07, 6.45) is 0.00392. The Balaban J connectivity index is 1.27. The van der Waals surface area contributed by atoms with E-state index in [4.69, 9.17) is 5.73 Å². The van der Waals surface area contributed by atoms with Crippen molar-refractivity contribution in [3.63, 3.8) is 0 Å². The zero-order valence-corrected chi connectivity index (χ0v) is 33.3. The number of rotatable bonds is 20. The van der Waals surface area contributed by atoms with Gasteiger partial charge in [-0.1, -0.05) is 103 Å². The first-order valence-electron chi connectivity index (χ1n) is 19.0. The topological polar surface area (TPSA) is 206 Å². The second-order valence-corrected chi connectivity index (χ2v) is 14.9. The fraction of sp³-hybridized carbons (Fsp3) is 0.244. The van der Waals surface area contributed by atoms with E-state index < -0.39 is 59.7 Å². The second kappa shape index (κ2) is 21.8. The van der Waals surface area contributed by atoms with Crippen LogP contribution in [-0.4, -0.2) is 72.0 Å². The van der Waals surface area contributed by atoms with Crippen LogP contribution in [0.2, 0.25) is 0 Å². The smallest absolute Gasteiger partial charge is 0.326 e. The largest absolute Gasteiger partial charge is 0.480 e. The highest BCUT2D eigenvalue weighted by Crippen LogP contribution is 2.20. The van der Waals surface area contributed by atoms with Gasteiger partial charge in [-0.25, -0.2) is 4.79 Å². The van der Waals surface area contributed by atoms with E-state index in [1.54, 1.807) is 48.5 Å². The number of benzene rings is 4. The molecule has 7 N–H and O–H groups in total.